The molecule has 18 heavy (non-hydrogen) atoms. The molecular formula is C12H8BrN3OS. The Morgan fingerprint density at radius 1 is 1.33 bits per heavy atom. The Morgan fingerprint density at radius 2 is 2.22 bits per heavy atom. The number of hydrogen-bond acceptors (Lipinski definition) is 4. The van der Waals surface area contributed by atoms with Gasteiger partial charge in [0.15, 0.2) is 0 Å². The molecule has 0 aliphatic rings. The van der Waals surface area contributed by atoms with Crippen LogP contribution in [0.4, 0.5) is 0 Å². The van der Waals surface area contributed by atoms with Gasteiger partial charge in [-0.3, -0.25) is 9.36 Å². The summed E-state index contributed by atoms with van der Waals surface area (Å²) in [6, 6.07) is 5.47. The predicted octanol–water partition coefficient (Wildman–Crippen LogP) is 2.66. The second-order valence-electron chi connectivity index (χ2n) is 3.82. The number of rotatable bonds is 2. The van der Waals surface area contributed by atoms with Gasteiger partial charge in [0, 0.05) is 9.85 Å². The van der Waals surface area contributed by atoms with E-state index in [0.717, 1.165) is 10.2 Å². The monoisotopic (exact) mass is 321 g/mol. The molecule has 0 N–H and O–H groups in total. The van der Waals surface area contributed by atoms with Crippen LogP contribution in [0.2, 0.25) is 0 Å². The second kappa shape index (κ2) is 4.62. The van der Waals surface area contributed by atoms with Crippen molar-refractivity contribution >= 4 is 38.2 Å². The van der Waals surface area contributed by atoms with E-state index in [1.807, 2.05) is 17.5 Å². The first-order valence-electron chi connectivity index (χ1n) is 5.26. The zero-order chi connectivity index (χ0) is 12.5. The van der Waals surface area contributed by atoms with Crippen molar-refractivity contribution in [2.75, 3.05) is 0 Å². The molecule has 6 heteroatoms. The van der Waals surface area contributed by atoms with Crippen LogP contribution in [-0.2, 0) is 6.54 Å². The second-order valence-corrected chi connectivity index (χ2v) is 5.45. The molecule has 0 saturated heterocycles. The SMILES string of the molecule is O=c1c2ccc(Br)cc2ncn1Cc1cscn1. The summed E-state index contributed by atoms with van der Waals surface area (Å²) < 4.78 is 2.49. The lowest BCUT2D eigenvalue weighted by atomic mass is 10.2. The lowest BCUT2D eigenvalue weighted by Crippen LogP contribution is -2.21. The van der Waals surface area contributed by atoms with Crippen molar-refractivity contribution in [1.29, 1.82) is 0 Å². The van der Waals surface area contributed by atoms with Gasteiger partial charge in [-0.05, 0) is 18.2 Å². The van der Waals surface area contributed by atoms with Gasteiger partial charge in [0.25, 0.3) is 5.56 Å². The van der Waals surface area contributed by atoms with E-state index in [1.54, 1.807) is 22.5 Å². The summed E-state index contributed by atoms with van der Waals surface area (Å²) >= 11 is 4.88. The highest BCUT2D eigenvalue weighted by molar-refractivity contribution is 9.10. The smallest absolute Gasteiger partial charge is 0.261 e. The van der Waals surface area contributed by atoms with Crippen LogP contribution < -0.4 is 5.56 Å². The lowest BCUT2D eigenvalue weighted by Gasteiger charge is -2.04. The molecule has 3 rings (SSSR count). The topological polar surface area (TPSA) is 47.8 Å². The molecule has 90 valence electrons. The Hall–Kier alpha value is -1.53. The lowest BCUT2D eigenvalue weighted by molar-refractivity contribution is 0.734. The van der Waals surface area contributed by atoms with Gasteiger partial charge >= 0.3 is 0 Å². The zero-order valence-electron chi connectivity index (χ0n) is 9.21. The summed E-state index contributed by atoms with van der Waals surface area (Å²) in [6.45, 7) is 0.460. The number of aromatic nitrogens is 3. The van der Waals surface area contributed by atoms with Crippen LogP contribution in [0.5, 0.6) is 0 Å². The van der Waals surface area contributed by atoms with Crippen molar-refractivity contribution in [2.24, 2.45) is 0 Å². The van der Waals surface area contributed by atoms with Crippen molar-refractivity contribution < 1.29 is 0 Å². The van der Waals surface area contributed by atoms with Crippen LogP contribution in [0.1, 0.15) is 5.69 Å². The highest BCUT2D eigenvalue weighted by atomic mass is 79.9. The summed E-state index contributed by atoms with van der Waals surface area (Å²) in [6.07, 6.45) is 1.57. The molecule has 2 heterocycles. The van der Waals surface area contributed by atoms with Gasteiger partial charge in [0.1, 0.15) is 0 Å². The number of fused-ring (bicyclic) bond motifs is 1. The maximum Gasteiger partial charge on any atom is 0.261 e. The fourth-order valence-corrected chi connectivity index (χ4v) is 2.63. The number of halogens is 1. The van der Waals surface area contributed by atoms with E-state index in [4.69, 9.17) is 0 Å². The molecule has 4 nitrogen and oxygen atoms in total. The first kappa shape index (κ1) is 11.6. The standard InChI is InChI=1S/C12H8BrN3OS/c13-8-1-2-10-11(3-8)14-6-16(12(10)17)4-9-5-18-7-15-9/h1-3,5-7H,4H2. The molecule has 0 fully saturated rings. The molecule has 0 unspecified atom stereocenters. The maximum atomic E-state index is 12.2. The van der Waals surface area contributed by atoms with Crippen LogP contribution >= 0.6 is 27.3 Å². The van der Waals surface area contributed by atoms with E-state index in [0.29, 0.717) is 17.4 Å². The predicted molar refractivity (Wildman–Crippen MR) is 74.9 cm³/mol. The molecular weight excluding hydrogens is 314 g/mol. The van der Waals surface area contributed by atoms with Crippen molar-refractivity contribution in [3.05, 3.63) is 55.9 Å². The molecule has 0 amide bonds. The average Bonchev–Trinajstić information content (AvgIpc) is 2.85. The normalized spacial score (nSPS) is 10.9. The summed E-state index contributed by atoms with van der Waals surface area (Å²) in [7, 11) is 0. The number of nitrogens with zero attached hydrogens (tertiary/aromatic N) is 3. The summed E-state index contributed by atoms with van der Waals surface area (Å²) in [5.74, 6) is 0. The number of thiazole rings is 1. The molecule has 0 spiro atoms. The maximum absolute atomic E-state index is 12.2. The van der Waals surface area contributed by atoms with Crippen LogP contribution in [-0.4, -0.2) is 14.5 Å². The zero-order valence-corrected chi connectivity index (χ0v) is 11.6. The molecule has 1 aromatic carbocycles. The van der Waals surface area contributed by atoms with Crippen LogP contribution in [0.25, 0.3) is 10.9 Å². The van der Waals surface area contributed by atoms with E-state index >= 15 is 0 Å². The van der Waals surface area contributed by atoms with Gasteiger partial charge in [0.2, 0.25) is 0 Å². The summed E-state index contributed by atoms with van der Waals surface area (Å²) in [5, 5.41) is 2.55. The Balaban J connectivity index is 2.12. The quantitative estimate of drug-likeness (QED) is 0.729. The third-order valence-electron chi connectivity index (χ3n) is 2.60. The van der Waals surface area contributed by atoms with Gasteiger partial charge in [-0.1, -0.05) is 15.9 Å². The van der Waals surface area contributed by atoms with E-state index in [1.165, 1.54) is 11.3 Å². The Labute approximate surface area is 115 Å². The Morgan fingerprint density at radius 3 is 3.00 bits per heavy atom. The molecule has 2 aromatic heterocycles. The molecule has 0 bridgehead atoms. The molecule has 3 aromatic rings. The number of hydrogen-bond donors (Lipinski definition) is 0. The Bertz CT molecular complexity index is 752. The van der Waals surface area contributed by atoms with Gasteiger partial charge in [-0.25, -0.2) is 9.97 Å². The molecule has 0 aliphatic carbocycles. The van der Waals surface area contributed by atoms with E-state index in [2.05, 4.69) is 25.9 Å². The number of benzene rings is 1. The average molecular weight is 322 g/mol. The van der Waals surface area contributed by atoms with Gasteiger partial charge in [0.05, 0.1) is 35.0 Å². The summed E-state index contributed by atoms with van der Waals surface area (Å²) in [4.78, 5) is 20.7. The molecule has 0 radical (unpaired) electrons. The highest BCUT2D eigenvalue weighted by Gasteiger charge is 2.05. The van der Waals surface area contributed by atoms with E-state index in [9.17, 15) is 4.79 Å². The molecule has 0 aliphatic heterocycles. The Kier molecular flexibility index (Phi) is 2.97. The fourth-order valence-electron chi connectivity index (χ4n) is 1.73. The minimum Gasteiger partial charge on any atom is -0.293 e. The highest BCUT2D eigenvalue weighted by Crippen LogP contribution is 2.15. The van der Waals surface area contributed by atoms with E-state index < -0.39 is 0 Å². The minimum atomic E-state index is -0.0412. The van der Waals surface area contributed by atoms with Crippen molar-refractivity contribution in [1.82, 2.24) is 14.5 Å². The van der Waals surface area contributed by atoms with Gasteiger partial charge < -0.3 is 0 Å². The van der Waals surface area contributed by atoms with Crippen LogP contribution in [0.15, 0.2) is 44.7 Å². The minimum absolute atomic E-state index is 0.0412. The fraction of sp³-hybridized carbons (Fsp3) is 0.0833. The third-order valence-corrected chi connectivity index (χ3v) is 3.73. The first-order valence-corrected chi connectivity index (χ1v) is 6.99. The van der Waals surface area contributed by atoms with Crippen molar-refractivity contribution in [3.63, 3.8) is 0 Å². The largest absolute Gasteiger partial charge is 0.293 e. The van der Waals surface area contributed by atoms with Crippen LogP contribution in [0.3, 0.4) is 0 Å². The van der Waals surface area contributed by atoms with E-state index in [-0.39, 0.29) is 5.56 Å². The van der Waals surface area contributed by atoms with Crippen LogP contribution in [0, 0.1) is 0 Å². The van der Waals surface area contributed by atoms with Gasteiger partial charge in [-0.15, -0.1) is 11.3 Å². The van der Waals surface area contributed by atoms with Crippen molar-refractivity contribution in [3.8, 4) is 0 Å². The first-order chi connectivity index (χ1) is 8.74. The molecule has 0 saturated carbocycles. The van der Waals surface area contributed by atoms with Crippen molar-refractivity contribution in [2.45, 2.75) is 6.54 Å². The van der Waals surface area contributed by atoms with Gasteiger partial charge in [-0.2, -0.15) is 0 Å². The third kappa shape index (κ3) is 2.09. The molecule has 0 atom stereocenters. The summed E-state index contributed by atoms with van der Waals surface area (Å²) in [5.41, 5.74) is 3.29.